The number of ether oxygens (including phenoxy) is 1. The molecule has 42 heavy (non-hydrogen) atoms. The van der Waals surface area contributed by atoms with E-state index in [1.807, 2.05) is 44.4 Å². The van der Waals surface area contributed by atoms with Crippen LogP contribution in [0.2, 0.25) is 0 Å². The number of hydrogen-bond acceptors (Lipinski definition) is 6. The van der Waals surface area contributed by atoms with Gasteiger partial charge in [-0.15, -0.1) is 5.10 Å². The van der Waals surface area contributed by atoms with Crippen molar-refractivity contribution in [3.05, 3.63) is 36.3 Å². The van der Waals surface area contributed by atoms with Crippen molar-refractivity contribution in [3.8, 4) is 11.3 Å². The fraction of sp³-hybridized carbons (Fsp3) is 0.633. The van der Waals surface area contributed by atoms with Crippen molar-refractivity contribution in [2.75, 3.05) is 13.1 Å². The highest BCUT2D eigenvalue weighted by atomic mass is 19.1. The van der Waals surface area contributed by atoms with Crippen LogP contribution in [0.4, 0.5) is 14.0 Å². The lowest BCUT2D eigenvalue weighted by molar-refractivity contribution is -0.137. The summed E-state index contributed by atoms with van der Waals surface area (Å²) in [6, 6.07) is 4.55. The average molecular weight is 586 g/mol. The summed E-state index contributed by atoms with van der Waals surface area (Å²) in [6.07, 6.45) is 1.77. The first kappa shape index (κ1) is 31.2. The minimum atomic E-state index is -0.832. The maximum atomic E-state index is 14.2. The van der Waals surface area contributed by atoms with Crippen molar-refractivity contribution in [2.24, 2.45) is 11.3 Å². The number of nitrogens with zero attached hydrogens (tertiary/aromatic N) is 5. The molecule has 0 saturated carbocycles. The second kappa shape index (κ2) is 11.9. The number of halogens is 1. The molecule has 2 saturated heterocycles. The second-order valence-corrected chi connectivity index (χ2v) is 13.7. The third kappa shape index (κ3) is 7.19. The number of aromatic nitrogens is 3. The summed E-state index contributed by atoms with van der Waals surface area (Å²) in [4.78, 5) is 43.8. The molecule has 2 aliphatic rings. The van der Waals surface area contributed by atoms with E-state index < -0.39 is 23.2 Å². The predicted octanol–water partition coefficient (Wildman–Crippen LogP) is 4.04. The van der Waals surface area contributed by atoms with E-state index in [2.05, 4.69) is 20.9 Å². The minimum Gasteiger partial charge on any atom is -0.444 e. The number of rotatable bonds is 6. The fourth-order valence-corrected chi connectivity index (χ4v) is 5.81. The molecule has 2 fully saturated rings. The molecule has 0 aliphatic carbocycles. The van der Waals surface area contributed by atoms with Crippen LogP contribution in [0.3, 0.4) is 0 Å². The Morgan fingerprint density at radius 3 is 2.31 bits per heavy atom. The molecule has 0 unspecified atom stereocenters. The Bertz CT molecular complexity index is 1280. The number of alkyl carbamates (subject to hydrolysis) is 1. The molecule has 1 aromatic heterocycles. The zero-order valence-electron chi connectivity index (χ0n) is 25.8. The molecule has 2 aromatic rings. The van der Waals surface area contributed by atoms with E-state index in [1.165, 1.54) is 12.1 Å². The molecule has 230 valence electrons. The van der Waals surface area contributed by atoms with Crippen LogP contribution < -0.4 is 10.6 Å². The number of nitrogens with one attached hydrogen (secondary N) is 2. The number of benzene rings is 1. The van der Waals surface area contributed by atoms with Gasteiger partial charge in [0, 0.05) is 37.2 Å². The third-order valence-corrected chi connectivity index (χ3v) is 7.56. The molecule has 4 rings (SSSR count). The van der Waals surface area contributed by atoms with Crippen LogP contribution in [0.25, 0.3) is 11.3 Å². The Morgan fingerprint density at radius 1 is 1.05 bits per heavy atom. The summed E-state index contributed by atoms with van der Waals surface area (Å²) in [6.45, 7) is 16.2. The number of likely N-dealkylation sites (tertiary alicyclic amines) is 2. The van der Waals surface area contributed by atoms with E-state index in [0.29, 0.717) is 31.7 Å². The van der Waals surface area contributed by atoms with Gasteiger partial charge in [0.25, 0.3) is 0 Å². The van der Waals surface area contributed by atoms with Crippen molar-refractivity contribution in [2.45, 2.75) is 98.1 Å². The molecule has 4 atom stereocenters. The monoisotopic (exact) mass is 585 g/mol. The van der Waals surface area contributed by atoms with Gasteiger partial charge < -0.3 is 25.2 Å². The van der Waals surface area contributed by atoms with E-state index in [0.717, 1.165) is 5.56 Å². The molecule has 11 nitrogen and oxygen atoms in total. The predicted molar refractivity (Wildman–Crippen MR) is 156 cm³/mol. The first-order chi connectivity index (χ1) is 19.5. The number of hydrogen-bond donors (Lipinski definition) is 2. The van der Waals surface area contributed by atoms with Crippen LogP contribution in [0.1, 0.15) is 61.8 Å². The molecule has 2 aliphatic heterocycles. The van der Waals surface area contributed by atoms with Gasteiger partial charge in [-0.25, -0.2) is 14.0 Å². The van der Waals surface area contributed by atoms with Gasteiger partial charge in [-0.1, -0.05) is 26.0 Å². The van der Waals surface area contributed by atoms with Gasteiger partial charge in [0.2, 0.25) is 5.91 Å². The molecule has 0 radical (unpaired) electrons. The van der Waals surface area contributed by atoms with Gasteiger partial charge in [-0.05, 0) is 70.7 Å². The fourth-order valence-electron chi connectivity index (χ4n) is 5.81. The number of amides is 4. The highest BCUT2D eigenvalue weighted by Gasteiger charge is 2.53. The van der Waals surface area contributed by atoms with Gasteiger partial charge in [0.15, 0.2) is 0 Å². The van der Waals surface area contributed by atoms with E-state index in [4.69, 9.17) is 4.74 Å². The summed E-state index contributed by atoms with van der Waals surface area (Å²) in [7, 11) is 0. The van der Waals surface area contributed by atoms with Crippen molar-refractivity contribution in [3.63, 3.8) is 0 Å². The highest BCUT2D eigenvalue weighted by molar-refractivity contribution is 5.87. The summed E-state index contributed by atoms with van der Waals surface area (Å²) < 4.78 is 20.6. The highest BCUT2D eigenvalue weighted by Crippen LogP contribution is 2.38. The normalized spacial score (nSPS) is 21.3. The van der Waals surface area contributed by atoms with Gasteiger partial charge >= 0.3 is 12.1 Å². The first-order valence-electron chi connectivity index (χ1n) is 14.6. The van der Waals surface area contributed by atoms with Crippen LogP contribution in [0, 0.1) is 17.2 Å². The summed E-state index contributed by atoms with van der Waals surface area (Å²) in [5.74, 6) is -0.671. The van der Waals surface area contributed by atoms with Crippen LogP contribution >= 0.6 is 0 Å². The number of urea groups is 1. The lowest BCUT2D eigenvalue weighted by Gasteiger charge is -2.37. The van der Waals surface area contributed by atoms with Crippen molar-refractivity contribution in [1.29, 1.82) is 0 Å². The summed E-state index contributed by atoms with van der Waals surface area (Å²) in [5, 5.41) is 14.4. The van der Waals surface area contributed by atoms with Gasteiger partial charge in [-0.2, -0.15) is 0 Å². The Kier molecular flexibility index (Phi) is 8.84. The van der Waals surface area contributed by atoms with E-state index >= 15 is 0 Å². The lowest BCUT2D eigenvalue weighted by atomic mass is 9.85. The largest absolute Gasteiger partial charge is 0.444 e. The lowest BCUT2D eigenvalue weighted by Crippen LogP contribution is -2.57. The molecule has 0 spiro atoms. The molecular weight excluding hydrogens is 541 g/mol. The quantitative estimate of drug-likeness (QED) is 0.528. The van der Waals surface area contributed by atoms with Crippen molar-refractivity contribution >= 4 is 18.0 Å². The number of fused-ring (bicyclic) bond motifs is 1. The van der Waals surface area contributed by atoms with Crippen molar-refractivity contribution < 1.29 is 23.5 Å². The minimum absolute atomic E-state index is 0.0361. The third-order valence-electron chi connectivity index (χ3n) is 7.56. The van der Waals surface area contributed by atoms with Gasteiger partial charge in [0.1, 0.15) is 23.2 Å². The number of carbonyl (C=O) groups is 3. The zero-order valence-corrected chi connectivity index (χ0v) is 25.8. The van der Waals surface area contributed by atoms with E-state index in [1.54, 1.807) is 43.8 Å². The Hall–Kier alpha value is -3.70. The topological polar surface area (TPSA) is 122 Å². The summed E-state index contributed by atoms with van der Waals surface area (Å²) in [5.41, 5.74) is 0.0429. The number of carbonyl (C=O) groups excluding carboxylic acids is 3. The van der Waals surface area contributed by atoms with Crippen LogP contribution in [-0.4, -0.2) is 85.7 Å². The Morgan fingerprint density at radius 2 is 1.71 bits per heavy atom. The zero-order chi connectivity index (χ0) is 31.0. The van der Waals surface area contributed by atoms with Crippen LogP contribution in [0.15, 0.2) is 30.5 Å². The van der Waals surface area contributed by atoms with Gasteiger partial charge in [0.05, 0.1) is 18.3 Å². The Balaban J connectivity index is 1.60. The smallest absolute Gasteiger partial charge is 0.408 e. The standard InChI is InChI=1S/C30H44FN7O4/c1-18(2)32-27(40)38-16-20(15-36-17-22(34-35-36)19-9-11-21(31)12-10-19)24-23(38)13-14-37(24)26(39)25(29(3,4)5)33-28(41)42-30(6,7)8/h9-12,17-18,20,23-25H,13-16H2,1-8H3,(H,32,40)(H,33,41)/t20-,23+,24+,25+/m0/s1. The second-order valence-electron chi connectivity index (χ2n) is 13.7. The van der Waals surface area contributed by atoms with Crippen LogP contribution in [0.5, 0.6) is 0 Å². The van der Waals surface area contributed by atoms with E-state index in [-0.39, 0.29) is 41.8 Å². The molecule has 2 N–H and O–H groups in total. The van der Waals surface area contributed by atoms with E-state index in [9.17, 15) is 18.8 Å². The average Bonchev–Trinajstić information content (AvgIpc) is 3.58. The maximum Gasteiger partial charge on any atom is 0.408 e. The van der Waals surface area contributed by atoms with Crippen LogP contribution in [-0.2, 0) is 16.1 Å². The first-order valence-corrected chi connectivity index (χ1v) is 14.6. The summed E-state index contributed by atoms with van der Waals surface area (Å²) >= 11 is 0. The van der Waals surface area contributed by atoms with Gasteiger partial charge in [-0.3, -0.25) is 9.48 Å². The maximum absolute atomic E-state index is 14.2. The van der Waals surface area contributed by atoms with Crippen molar-refractivity contribution in [1.82, 2.24) is 35.4 Å². The molecule has 1 aromatic carbocycles. The molecule has 3 heterocycles. The molecular formula is C30H44FN7O4. The molecule has 4 amide bonds. The molecule has 0 bridgehead atoms. The SMILES string of the molecule is CC(C)NC(=O)N1C[C@H](Cn2cc(-c3ccc(F)cc3)nn2)[C@@H]2[C@H]1CCN2C(=O)[C@@H](NC(=O)OC(C)(C)C)C(C)(C)C. The Labute approximate surface area is 247 Å². The molecule has 12 heteroatoms.